The number of rotatable bonds is 7. The predicted molar refractivity (Wildman–Crippen MR) is 115 cm³/mol. The van der Waals surface area contributed by atoms with Crippen LogP contribution in [0.3, 0.4) is 0 Å². The summed E-state index contributed by atoms with van der Waals surface area (Å²) in [5.41, 5.74) is 5.50. The molecule has 6 nitrogen and oxygen atoms in total. The Labute approximate surface area is 170 Å². The summed E-state index contributed by atoms with van der Waals surface area (Å²) < 4.78 is 10.7. The third-order valence-electron chi connectivity index (χ3n) is 4.41. The van der Waals surface area contributed by atoms with E-state index in [2.05, 4.69) is 48.5 Å². The lowest BCUT2D eigenvalue weighted by molar-refractivity contribution is -0.118. The fraction of sp³-hybridized carbons (Fsp3) is 0.217. The molecule has 0 aliphatic carbocycles. The number of benzene rings is 2. The summed E-state index contributed by atoms with van der Waals surface area (Å²) in [4.78, 5) is 16.5. The highest BCUT2D eigenvalue weighted by Gasteiger charge is 2.09. The van der Waals surface area contributed by atoms with E-state index in [9.17, 15) is 4.79 Å². The lowest BCUT2D eigenvalue weighted by atomic mass is 10.0. The van der Waals surface area contributed by atoms with E-state index < -0.39 is 0 Å². The molecule has 0 unspecified atom stereocenters. The predicted octanol–water partition coefficient (Wildman–Crippen LogP) is 4.78. The number of carbonyl (C=O) groups is 1. The van der Waals surface area contributed by atoms with Gasteiger partial charge in [0.15, 0.2) is 18.1 Å². The quantitative estimate of drug-likeness (QED) is 0.607. The minimum absolute atomic E-state index is 0.135. The maximum Gasteiger partial charge on any atom is 0.263 e. The van der Waals surface area contributed by atoms with Crippen LogP contribution in [0.15, 0.2) is 54.7 Å². The first-order chi connectivity index (χ1) is 14.0. The second-order valence-corrected chi connectivity index (χ2v) is 6.82. The van der Waals surface area contributed by atoms with Crippen LogP contribution < -0.4 is 20.1 Å². The summed E-state index contributed by atoms with van der Waals surface area (Å²) in [5, 5.41) is 6.12. The Morgan fingerprint density at radius 2 is 1.69 bits per heavy atom. The van der Waals surface area contributed by atoms with E-state index in [-0.39, 0.29) is 12.5 Å². The molecule has 0 bridgehead atoms. The topological polar surface area (TPSA) is 72.5 Å². The van der Waals surface area contributed by atoms with Crippen LogP contribution in [0.25, 0.3) is 0 Å². The molecule has 3 aromatic rings. The van der Waals surface area contributed by atoms with Crippen LogP contribution >= 0.6 is 0 Å². The zero-order valence-corrected chi connectivity index (χ0v) is 17.1. The van der Waals surface area contributed by atoms with Crippen molar-refractivity contribution in [1.29, 1.82) is 0 Å². The molecule has 0 spiro atoms. The first-order valence-electron chi connectivity index (χ1n) is 9.33. The number of nitrogens with zero attached hydrogens (tertiary/aromatic N) is 1. The highest BCUT2D eigenvalue weighted by Crippen LogP contribution is 2.27. The van der Waals surface area contributed by atoms with Gasteiger partial charge in [0.1, 0.15) is 5.82 Å². The molecule has 0 radical (unpaired) electrons. The van der Waals surface area contributed by atoms with Crippen molar-refractivity contribution in [2.75, 3.05) is 24.4 Å². The number of nitrogens with one attached hydrogen (secondary N) is 2. The number of ether oxygens (including phenoxy) is 2. The van der Waals surface area contributed by atoms with Crippen molar-refractivity contribution in [2.24, 2.45) is 0 Å². The molecule has 1 aromatic heterocycles. The van der Waals surface area contributed by atoms with Crippen LogP contribution in [0.2, 0.25) is 0 Å². The zero-order valence-electron chi connectivity index (χ0n) is 17.1. The number of anilines is 3. The minimum Gasteiger partial charge on any atom is -0.493 e. The summed E-state index contributed by atoms with van der Waals surface area (Å²) in [6.07, 6.45) is 1.69. The SMILES string of the molecule is COc1ccccc1OCC(=O)Nc1ccc(Nc2c(C)cc(C)cc2C)cn1. The van der Waals surface area contributed by atoms with Gasteiger partial charge in [-0.15, -0.1) is 0 Å². The van der Waals surface area contributed by atoms with Gasteiger partial charge in [0, 0.05) is 5.69 Å². The minimum atomic E-state index is -0.297. The van der Waals surface area contributed by atoms with Gasteiger partial charge in [-0.2, -0.15) is 0 Å². The molecular formula is C23H25N3O3. The smallest absolute Gasteiger partial charge is 0.263 e. The average Bonchev–Trinajstić information content (AvgIpc) is 2.70. The van der Waals surface area contributed by atoms with Crippen molar-refractivity contribution in [3.8, 4) is 11.5 Å². The fourth-order valence-corrected chi connectivity index (χ4v) is 3.12. The van der Waals surface area contributed by atoms with Crippen molar-refractivity contribution < 1.29 is 14.3 Å². The van der Waals surface area contributed by atoms with E-state index in [0.29, 0.717) is 17.3 Å². The van der Waals surface area contributed by atoms with Gasteiger partial charge in [0.25, 0.3) is 5.91 Å². The molecular weight excluding hydrogens is 366 g/mol. The Bertz CT molecular complexity index is 977. The van der Waals surface area contributed by atoms with E-state index in [1.165, 1.54) is 16.7 Å². The van der Waals surface area contributed by atoms with Gasteiger partial charge in [-0.1, -0.05) is 29.8 Å². The van der Waals surface area contributed by atoms with Gasteiger partial charge in [0.05, 0.1) is 19.0 Å². The zero-order chi connectivity index (χ0) is 20.8. The molecule has 6 heteroatoms. The van der Waals surface area contributed by atoms with Crippen molar-refractivity contribution in [3.05, 3.63) is 71.4 Å². The number of pyridine rings is 1. The molecule has 0 saturated carbocycles. The molecule has 29 heavy (non-hydrogen) atoms. The van der Waals surface area contributed by atoms with Gasteiger partial charge in [0.2, 0.25) is 0 Å². The average molecular weight is 391 g/mol. The molecule has 0 aliphatic heterocycles. The lowest BCUT2D eigenvalue weighted by Gasteiger charge is -2.14. The lowest BCUT2D eigenvalue weighted by Crippen LogP contribution is -2.20. The Morgan fingerprint density at radius 1 is 1.00 bits per heavy atom. The highest BCUT2D eigenvalue weighted by atomic mass is 16.5. The van der Waals surface area contributed by atoms with E-state index in [1.54, 1.807) is 31.5 Å². The molecule has 0 aliphatic rings. The van der Waals surface area contributed by atoms with Gasteiger partial charge in [-0.3, -0.25) is 4.79 Å². The third kappa shape index (κ3) is 5.25. The molecule has 150 valence electrons. The second kappa shape index (κ2) is 9.10. The molecule has 1 amide bonds. The van der Waals surface area contributed by atoms with Gasteiger partial charge in [-0.25, -0.2) is 4.98 Å². The van der Waals surface area contributed by atoms with E-state index >= 15 is 0 Å². The van der Waals surface area contributed by atoms with Crippen molar-refractivity contribution in [3.63, 3.8) is 0 Å². The maximum absolute atomic E-state index is 12.2. The molecule has 0 fully saturated rings. The second-order valence-electron chi connectivity index (χ2n) is 6.82. The normalized spacial score (nSPS) is 10.3. The fourth-order valence-electron chi connectivity index (χ4n) is 3.12. The van der Waals surface area contributed by atoms with Crippen LogP contribution in [0.5, 0.6) is 11.5 Å². The van der Waals surface area contributed by atoms with Crippen molar-refractivity contribution in [2.45, 2.75) is 20.8 Å². The summed E-state index contributed by atoms with van der Waals surface area (Å²) in [6, 6.07) is 15.1. The standard InChI is InChI=1S/C23H25N3O3/c1-15-11-16(2)23(17(3)12-15)25-18-9-10-21(24-13-18)26-22(27)14-29-20-8-6-5-7-19(20)28-4/h5-13,25H,14H2,1-4H3,(H,24,26,27). The molecule has 2 aromatic carbocycles. The van der Waals surface area contributed by atoms with Gasteiger partial charge >= 0.3 is 0 Å². The Balaban J connectivity index is 1.58. The van der Waals surface area contributed by atoms with Crippen LogP contribution in [0.1, 0.15) is 16.7 Å². The van der Waals surface area contributed by atoms with Crippen molar-refractivity contribution >= 4 is 23.1 Å². The Kier molecular flexibility index (Phi) is 6.34. The number of amides is 1. The van der Waals surface area contributed by atoms with E-state index in [0.717, 1.165) is 11.4 Å². The first-order valence-corrected chi connectivity index (χ1v) is 9.33. The molecule has 0 saturated heterocycles. The number of hydrogen-bond donors (Lipinski definition) is 2. The number of methoxy groups -OCH3 is 1. The first kappa shape index (κ1) is 20.2. The number of aromatic nitrogens is 1. The summed E-state index contributed by atoms with van der Waals surface area (Å²) in [5.74, 6) is 1.26. The van der Waals surface area contributed by atoms with Crippen LogP contribution in [0, 0.1) is 20.8 Å². The molecule has 1 heterocycles. The molecule has 0 atom stereocenters. The number of para-hydroxylation sites is 2. The largest absolute Gasteiger partial charge is 0.493 e. The summed E-state index contributed by atoms with van der Waals surface area (Å²) >= 11 is 0. The van der Waals surface area contributed by atoms with Crippen LogP contribution in [-0.4, -0.2) is 24.6 Å². The van der Waals surface area contributed by atoms with Crippen molar-refractivity contribution in [1.82, 2.24) is 4.98 Å². The van der Waals surface area contributed by atoms with E-state index in [1.807, 2.05) is 18.2 Å². The van der Waals surface area contributed by atoms with Gasteiger partial charge < -0.3 is 20.1 Å². The Morgan fingerprint density at radius 3 is 2.31 bits per heavy atom. The monoisotopic (exact) mass is 391 g/mol. The Hall–Kier alpha value is -3.54. The third-order valence-corrected chi connectivity index (χ3v) is 4.41. The number of carbonyl (C=O) groups excluding carboxylic acids is 1. The number of aryl methyl sites for hydroxylation is 3. The van der Waals surface area contributed by atoms with Crippen LogP contribution in [-0.2, 0) is 4.79 Å². The van der Waals surface area contributed by atoms with Gasteiger partial charge in [-0.05, 0) is 56.2 Å². The molecule has 2 N–H and O–H groups in total. The maximum atomic E-state index is 12.2. The number of hydrogen-bond acceptors (Lipinski definition) is 5. The summed E-state index contributed by atoms with van der Waals surface area (Å²) in [6.45, 7) is 6.10. The molecule has 3 rings (SSSR count). The van der Waals surface area contributed by atoms with E-state index in [4.69, 9.17) is 9.47 Å². The summed E-state index contributed by atoms with van der Waals surface area (Å²) in [7, 11) is 1.56. The highest BCUT2D eigenvalue weighted by molar-refractivity contribution is 5.91. The van der Waals surface area contributed by atoms with Crippen LogP contribution in [0.4, 0.5) is 17.2 Å².